The van der Waals surface area contributed by atoms with Crippen LogP contribution in [0.15, 0.2) is 103 Å². The Morgan fingerprint density at radius 3 is 1.43 bits per heavy atom. The molecule has 3 aliphatic rings. The van der Waals surface area contributed by atoms with Gasteiger partial charge in [-0.15, -0.1) is 42.4 Å². The average molecular weight is 619 g/mol. The summed E-state index contributed by atoms with van der Waals surface area (Å²) in [6.07, 6.45) is 12.1. The molecule has 0 atom stereocenters. The molecule has 7 rings (SSSR count). The molecule has 0 fully saturated rings. The van der Waals surface area contributed by atoms with Crippen LogP contribution in [0.1, 0.15) is 28.7 Å². The van der Waals surface area contributed by atoms with Crippen molar-refractivity contribution in [3.63, 3.8) is 0 Å². The number of allylic oxidation sites excluding steroid dienone is 4. The zero-order valence-electron chi connectivity index (χ0n) is 21.3. The van der Waals surface area contributed by atoms with Crippen LogP contribution < -0.4 is 0 Å². The van der Waals surface area contributed by atoms with Crippen LogP contribution in [-0.2, 0) is 39.0 Å². The van der Waals surface area contributed by atoms with E-state index < -0.39 is 0 Å². The number of benzene rings is 4. The molecule has 0 bridgehead atoms. The van der Waals surface area contributed by atoms with Crippen molar-refractivity contribution in [2.75, 3.05) is 0 Å². The summed E-state index contributed by atoms with van der Waals surface area (Å²) >= 11 is 0. The van der Waals surface area contributed by atoms with E-state index in [1.807, 2.05) is 24.3 Å². The Kier molecular flexibility index (Phi) is 15.7. The van der Waals surface area contributed by atoms with Gasteiger partial charge in [-0.25, -0.2) is 12.2 Å². The van der Waals surface area contributed by atoms with Crippen molar-refractivity contribution in [2.24, 2.45) is 0 Å². The molecule has 2 radical (unpaired) electrons. The maximum absolute atomic E-state index is 3.30. The first-order chi connectivity index (χ1) is 16.8. The standard InChI is InChI=1S/2C13H9.C5H5.C2H7Si.2ClH.Zr/c2*1-3-7-12-10(5-1)9-11-6-2-4-8-13(11)12;1-2-4-5-3-1;1-3-2;;;/h2*1-5,7-8H,9H2;1-3H,4H2;3H,1-2H3;2*1H;/q3*-1;;;;+3. The minimum atomic E-state index is 0. The van der Waals surface area contributed by atoms with E-state index in [0.29, 0.717) is 0 Å². The van der Waals surface area contributed by atoms with Crippen molar-refractivity contribution in [2.45, 2.75) is 32.4 Å². The van der Waals surface area contributed by atoms with Gasteiger partial charge in [0.15, 0.2) is 0 Å². The van der Waals surface area contributed by atoms with E-state index >= 15 is 0 Å². The van der Waals surface area contributed by atoms with Crippen LogP contribution in [0.2, 0.25) is 13.1 Å². The molecule has 3 aliphatic carbocycles. The van der Waals surface area contributed by atoms with E-state index in [-0.39, 0.29) is 51.0 Å². The van der Waals surface area contributed by atoms with Crippen LogP contribution in [-0.4, -0.2) is 9.52 Å². The SMILES string of the molecule is C[SiH]C.Cl.Cl.[C-]1=CC=CC1.[Zr+3].[c-]1cccc2c1Cc1ccccc1-2.[c-]1cccc2c1Cc1ccccc1-2. The van der Waals surface area contributed by atoms with Gasteiger partial charge in [-0.2, -0.15) is 65.7 Å². The van der Waals surface area contributed by atoms with Crippen LogP contribution in [0.4, 0.5) is 0 Å². The van der Waals surface area contributed by atoms with Gasteiger partial charge in [0.25, 0.3) is 0 Å². The first-order valence-electron chi connectivity index (χ1n) is 11.9. The summed E-state index contributed by atoms with van der Waals surface area (Å²) in [7, 11) is 0.750. The second-order valence-corrected chi connectivity index (χ2v) is 9.53. The third-order valence-electron chi connectivity index (χ3n) is 5.82. The summed E-state index contributed by atoms with van der Waals surface area (Å²) in [5.74, 6) is 0. The van der Waals surface area contributed by atoms with Gasteiger partial charge in [0.1, 0.15) is 0 Å². The molecule has 0 aromatic heterocycles. The number of fused-ring (bicyclic) bond motifs is 6. The Bertz CT molecular complexity index is 1110. The monoisotopic (exact) mass is 616 g/mol. The maximum Gasteiger partial charge on any atom is 3.00 e. The fourth-order valence-corrected chi connectivity index (χ4v) is 4.34. The first-order valence-corrected chi connectivity index (χ1v) is 14.2. The summed E-state index contributed by atoms with van der Waals surface area (Å²) in [6, 6.07) is 36.2. The fourth-order valence-electron chi connectivity index (χ4n) is 4.34. The van der Waals surface area contributed by atoms with Crippen molar-refractivity contribution < 1.29 is 26.2 Å². The van der Waals surface area contributed by atoms with Crippen molar-refractivity contribution in [3.05, 3.63) is 144 Å². The van der Waals surface area contributed by atoms with Crippen molar-refractivity contribution in [1.82, 2.24) is 0 Å². The molecule has 37 heavy (non-hydrogen) atoms. The molecule has 0 heterocycles. The van der Waals surface area contributed by atoms with E-state index in [1.165, 1.54) is 44.5 Å². The van der Waals surface area contributed by atoms with Gasteiger partial charge in [0.05, 0.1) is 0 Å². The molecular formula is C33H32Cl2SiZr. The van der Waals surface area contributed by atoms with Crippen molar-refractivity contribution >= 4 is 34.3 Å². The van der Waals surface area contributed by atoms with Gasteiger partial charge in [-0.3, -0.25) is 6.08 Å². The molecule has 0 unspecified atom stereocenters. The van der Waals surface area contributed by atoms with E-state index in [1.54, 1.807) is 0 Å². The summed E-state index contributed by atoms with van der Waals surface area (Å²) in [5.41, 5.74) is 11.0. The molecule has 0 aliphatic heterocycles. The number of halogens is 2. The van der Waals surface area contributed by atoms with E-state index in [0.717, 1.165) is 28.8 Å². The van der Waals surface area contributed by atoms with E-state index in [9.17, 15) is 0 Å². The molecule has 0 nitrogen and oxygen atoms in total. The zero-order valence-corrected chi connectivity index (χ0v) is 26.6. The van der Waals surface area contributed by atoms with E-state index in [4.69, 9.17) is 0 Å². The number of hydrogen-bond acceptors (Lipinski definition) is 0. The van der Waals surface area contributed by atoms with Gasteiger partial charge in [0.2, 0.25) is 0 Å². The van der Waals surface area contributed by atoms with Crippen LogP contribution in [0.5, 0.6) is 0 Å². The van der Waals surface area contributed by atoms with Crippen molar-refractivity contribution in [3.8, 4) is 22.3 Å². The van der Waals surface area contributed by atoms with Gasteiger partial charge in [-0.1, -0.05) is 83.9 Å². The van der Waals surface area contributed by atoms with Crippen LogP contribution in [0.25, 0.3) is 22.3 Å². The maximum atomic E-state index is 3.30. The molecular weight excluding hydrogens is 587 g/mol. The Hall–Kier alpha value is -1.96. The van der Waals surface area contributed by atoms with Gasteiger partial charge >= 0.3 is 26.2 Å². The Morgan fingerprint density at radius 2 is 1.05 bits per heavy atom. The predicted octanol–water partition coefficient (Wildman–Crippen LogP) is 8.78. The Balaban J connectivity index is 0.000000271. The Morgan fingerprint density at radius 1 is 0.622 bits per heavy atom. The third kappa shape index (κ3) is 8.79. The predicted molar refractivity (Wildman–Crippen MR) is 162 cm³/mol. The average Bonchev–Trinajstić information content (AvgIpc) is 3.64. The molecule has 186 valence electrons. The van der Waals surface area contributed by atoms with Gasteiger partial charge in [-0.05, 0) is 12.8 Å². The zero-order chi connectivity index (χ0) is 23.6. The summed E-state index contributed by atoms with van der Waals surface area (Å²) in [4.78, 5) is 0. The third-order valence-corrected chi connectivity index (χ3v) is 5.82. The minimum absolute atomic E-state index is 0. The smallest absolute Gasteiger partial charge is 0.273 e. The van der Waals surface area contributed by atoms with Gasteiger partial charge in [0, 0.05) is 9.52 Å². The van der Waals surface area contributed by atoms with Gasteiger partial charge < -0.3 is 0 Å². The fraction of sp³-hybridized carbons (Fsp3) is 0.152. The summed E-state index contributed by atoms with van der Waals surface area (Å²) in [6.45, 7) is 4.42. The van der Waals surface area contributed by atoms with Crippen LogP contribution in [0, 0.1) is 18.2 Å². The van der Waals surface area contributed by atoms with Crippen LogP contribution in [0.3, 0.4) is 0 Å². The second kappa shape index (κ2) is 17.5. The number of rotatable bonds is 0. The molecule has 0 saturated carbocycles. The van der Waals surface area contributed by atoms with Crippen molar-refractivity contribution in [1.29, 1.82) is 0 Å². The molecule has 4 aromatic rings. The van der Waals surface area contributed by atoms with E-state index in [2.05, 4.69) is 110 Å². The summed E-state index contributed by atoms with van der Waals surface area (Å²) < 4.78 is 0. The topological polar surface area (TPSA) is 0 Å². The molecule has 0 N–H and O–H groups in total. The summed E-state index contributed by atoms with van der Waals surface area (Å²) in [5, 5.41) is 0. The quantitative estimate of drug-likeness (QED) is 0.118. The van der Waals surface area contributed by atoms with Crippen LogP contribution >= 0.6 is 24.8 Å². The molecule has 0 spiro atoms. The second-order valence-electron chi connectivity index (χ2n) is 8.37. The Labute approximate surface area is 257 Å². The molecule has 4 aromatic carbocycles. The number of hydrogen-bond donors (Lipinski definition) is 0. The molecule has 0 amide bonds. The largest absolute Gasteiger partial charge is 3.00 e. The first kappa shape index (κ1) is 33.1. The minimum Gasteiger partial charge on any atom is -0.273 e. The molecule has 4 heteroatoms. The molecule has 0 saturated heterocycles. The normalized spacial score (nSPS) is 11.5.